The molecule has 0 fully saturated rings. The lowest BCUT2D eigenvalue weighted by atomic mass is 10.1. The smallest absolute Gasteiger partial charge is 0.234 e. The number of hydrogen-bond donors (Lipinski definition) is 1. The molecule has 0 saturated heterocycles. The minimum absolute atomic E-state index is 0.0690. The third kappa shape index (κ3) is 5.22. The fraction of sp³-hybridized carbons (Fsp3) is 0.160. The average Bonchev–Trinajstić information content (AvgIpc) is 3.18. The number of aryl methyl sites for hydroxylation is 2. The molecule has 6 heteroatoms. The van der Waals surface area contributed by atoms with Gasteiger partial charge in [-0.05, 0) is 54.8 Å². The lowest BCUT2D eigenvalue weighted by molar-refractivity contribution is -0.113. The molecule has 1 heterocycles. The lowest BCUT2D eigenvalue weighted by Gasteiger charge is -2.11. The van der Waals surface area contributed by atoms with E-state index in [1.54, 1.807) is 0 Å². The fourth-order valence-corrected chi connectivity index (χ4v) is 4.04. The standard InChI is InChI=1S/C25H24N4OS/c1-18-13-14-21(15-19(18)2)26-24(30)17-31-25-28-27-23(16-20-9-5-3-6-10-20)29(25)22-11-7-4-8-12-22/h3-15H,16-17H2,1-2H3,(H,26,30). The Morgan fingerprint density at radius 3 is 2.32 bits per heavy atom. The van der Waals surface area contributed by atoms with Crippen molar-refractivity contribution in [2.75, 3.05) is 11.1 Å². The summed E-state index contributed by atoms with van der Waals surface area (Å²) in [7, 11) is 0. The number of para-hydroxylation sites is 1. The van der Waals surface area contributed by atoms with Crippen molar-refractivity contribution in [1.29, 1.82) is 0 Å². The van der Waals surface area contributed by atoms with Crippen LogP contribution in [0.3, 0.4) is 0 Å². The summed E-state index contributed by atoms with van der Waals surface area (Å²) in [6, 6.07) is 26.1. The highest BCUT2D eigenvalue weighted by atomic mass is 32.2. The second-order valence-corrected chi connectivity index (χ2v) is 8.31. The second-order valence-electron chi connectivity index (χ2n) is 7.37. The van der Waals surface area contributed by atoms with Crippen LogP contribution in [0.15, 0.2) is 84.0 Å². The molecule has 4 rings (SSSR count). The number of amides is 1. The molecule has 1 amide bonds. The van der Waals surface area contributed by atoms with Gasteiger partial charge in [0.2, 0.25) is 5.91 Å². The molecule has 0 aliphatic carbocycles. The number of carbonyl (C=O) groups is 1. The van der Waals surface area contributed by atoms with Crippen LogP contribution in [0.25, 0.3) is 5.69 Å². The van der Waals surface area contributed by atoms with Gasteiger partial charge < -0.3 is 5.32 Å². The fourth-order valence-electron chi connectivity index (χ4n) is 3.27. The van der Waals surface area contributed by atoms with Crippen molar-refractivity contribution in [3.63, 3.8) is 0 Å². The number of hydrogen-bond acceptors (Lipinski definition) is 4. The van der Waals surface area contributed by atoms with Crippen LogP contribution in [0.5, 0.6) is 0 Å². The van der Waals surface area contributed by atoms with E-state index in [2.05, 4.69) is 34.6 Å². The topological polar surface area (TPSA) is 59.8 Å². The summed E-state index contributed by atoms with van der Waals surface area (Å²) >= 11 is 1.39. The highest BCUT2D eigenvalue weighted by molar-refractivity contribution is 7.99. The van der Waals surface area contributed by atoms with Gasteiger partial charge in [-0.1, -0.05) is 66.4 Å². The van der Waals surface area contributed by atoms with E-state index in [0.29, 0.717) is 11.6 Å². The summed E-state index contributed by atoms with van der Waals surface area (Å²) in [4.78, 5) is 12.5. The Balaban J connectivity index is 1.52. The maximum Gasteiger partial charge on any atom is 0.234 e. The molecule has 31 heavy (non-hydrogen) atoms. The summed E-state index contributed by atoms with van der Waals surface area (Å²) in [5.41, 5.74) is 5.31. The normalized spacial score (nSPS) is 10.8. The van der Waals surface area contributed by atoms with Gasteiger partial charge in [0.25, 0.3) is 0 Å². The molecule has 0 aliphatic rings. The lowest BCUT2D eigenvalue weighted by Crippen LogP contribution is -2.15. The minimum atomic E-state index is -0.0690. The monoisotopic (exact) mass is 428 g/mol. The maximum absolute atomic E-state index is 12.5. The largest absolute Gasteiger partial charge is 0.325 e. The molecule has 1 N–H and O–H groups in total. The van der Waals surface area contributed by atoms with Crippen LogP contribution in [0.2, 0.25) is 0 Å². The van der Waals surface area contributed by atoms with Crippen LogP contribution in [0.4, 0.5) is 5.69 Å². The Bertz CT molecular complexity index is 1170. The molecule has 0 bridgehead atoms. The molecule has 3 aromatic carbocycles. The highest BCUT2D eigenvalue weighted by Gasteiger charge is 2.16. The van der Waals surface area contributed by atoms with Crippen LogP contribution >= 0.6 is 11.8 Å². The third-order valence-electron chi connectivity index (χ3n) is 5.04. The molecule has 156 valence electrons. The minimum Gasteiger partial charge on any atom is -0.325 e. The molecular weight excluding hydrogens is 404 g/mol. The van der Waals surface area contributed by atoms with E-state index in [-0.39, 0.29) is 11.7 Å². The molecule has 0 atom stereocenters. The van der Waals surface area contributed by atoms with Gasteiger partial charge in [-0.15, -0.1) is 10.2 Å². The number of aromatic nitrogens is 3. The van der Waals surface area contributed by atoms with E-state index < -0.39 is 0 Å². The third-order valence-corrected chi connectivity index (χ3v) is 5.97. The predicted octanol–water partition coefficient (Wildman–Crippen LogP) is 5.21. The van der Waals surface area contributed by atoms with Gasteiger partial charge in [0.15, 0.2) is 5.16 Å². The Morgan fingerprint density at radius 2 is 1.61 bits per heavy atom. The van der Waals surface area contributed by atoms with Crippen molar-refractivity contribution in [2.45, 2.75) is 25.4 Å². The van der Waals surface area contributed by atoms with Gasteiger partial charge in [-0.25, -0.2) is 0 Å². The van der Waals surface area contributed by atoms with Gasteiger partial charge in [0.05, 0.1) is 5.75 Å². The first-order valence-electron chi connectivity index (χ1n) is 10.1. The van der Waals surface area contributed by atoms with Crippen molar-refractivity contribution in [3.05, 3.63) is 101 Å². The first-order valence-corrected chi connectivity index (χ1v) is 11.1. The van der Waals surface area contributed by atoms with Crippen molar-refractivity contribution < 1.29 is 4.79 Å². The molecule has 1 aromatic heterocycles. The summed E-state index contributed by atoms with van der Waals surface area (Å²) in [5, 5.41) is 12.5. The summed E-state index contributed by atoms with van der Waals surface area (Å²) < 4.78 is 2.03. The Labute approximate surface area is 186 Å². The molecule has 5 nitrogen and oxygen atoms in total. The van der Waals surface area contributed by atoms with E-state index in [1.807, 2.05) is 78.2 Å². The summed E-state index contributed by atoms with van der Waals surface area (Å²) in [6.07, 6.45) is 0.665. The van der Waals surface area contributed by atoms with Crippen molar-refractivity contribution >= 4 is 23.4 Å². The van der Waals surface area contributed by atoms with E-state index in [0.717, 1.165) is 28.3 Å². The first-order chi connectivity index (χ1) is 15.1. The SMILES string of the molecule is Cc1ccc(NC(=O)CSc2nnc(Cc3ccccc3)n2-c2ccccc2)cc1C. The zero-order valence-electron chi connectivity index (χ0n) is 17.6. The molecule has 4 aromatic rings. The molecule has 0 aliphatic heterocycles. The molecule has 0 spiro atoms. The van der Waals surface area contributed by atoms with Gasteiger partial charge in [0, 0.05) is 17.8 Å². The number of anilines is 1. The van der Waals surface area contributed by atoms with E-state index in [1.165, 1.54) is 17.3 Å². The summed E-state index contributed by atoms with van der Waals surface area (Å²) in [6.45, 7) is 4.09. The van der Waals surface area contributed by atoms with E-state index in [4.69, 9.17) is 0 Å². The zero-order valence-corrected chi connectivity index (χ0v) is 18.4. The van der Waals surface area contributed by atoms with Gasteiger partial charge in [-0.3, -0.25) is 9.36 Å². The Morgan fingerprint density at radius 1 is 0.903 bits per heavy atom. The van der Waals surface area contributed by atoms with Crippen LogP contribution in [0.1, 0.15) is 22.5 Å². The van der Waals surface area contributed by atoms with Crippen molar-refractivity contribution in [2.24, 2.45) is 0 Å². The number of nitrogens with one attached hydrogen (secondary N) is 1. The quantitative estimate of drug-likeness (QED) is 0.411. The van der Waals surface area contributed by atoms with Crippen molar-refractivity contribution in [3.8, 4) is 5.69 Å². The molecule has 0 radical (unpaired) electrons. The average molecular weight is 429 g/mol. The Kier molecular flexibility index (Phi) is 6.48. The maximum atomic E-state index is 12.5. The number of thioether (sulfide) groups is 1. The highest BCUT2D eigenvalue weighted by Crippen LogP contribution is 2.24. The van der Waals surface area contributed by atoms with Crippen molar-refractivity contribution in [1.82, 2.24) is 14.8 Å². The zero-order chi connectivity index (χ0) is 21.6. The number of carbonyl (C=O) groups excluding carboxylic acids is 1. The van der Waals surface area contributed by atoms with Crippen LogP contribution in [0, 0.1) is 13.8 Å². The van der Waals surface area contributed by atoms with Gasteiger partial charge in [-0.2, -0.15) is 0 Å². The van der Waals surface area contributed by atoms with E-state index >= 15 is 0 Å². The first kappa shape index (κ1) is 20.9. The molecular formula is C25H24N4OS. The second kappa shape index (κ2) is 9.62. The molecule has 0 saturated carbocycles. The van der Waals surface area contributed by atoms with Gasteiger partial charge >= 0.3 is 0 Å². The van der Waals surface area contributed by atoms with E-state index in [9.17, 15) is 4.79 Å². The van der Waals surface area contributed by atoms with Crippen LogP contribution in [-0.2, 0) is 11.2 Å². The number of nitrogens with zero attached hydrogens (tertiary/aromatic N) is 3. The number of rotatable bonds is 7. The number of benzene rings is 3. The Hall–Kier alpha value is -3.38. The van der Waals surface area contributed by atoms with Gasteiger partial charge in [0.1, 0.15) is 5.82 Å². The summed E-state index contributed by atoms with van der Waals surface area (Å²) in [5.74, 6) is 1.03. The van der Waals surface area contributed by atoms with Crippen LogP contribution < -0.4 is 5.32 Å². The van der Waals surface area contributed by atoms with Crippen LogP contribution in [-0.4, -0.2) is 26.4 Å². The predicted molar refractivity (Wildman–Crippen MR) is 126 cm³/mol. The molecule has 0 unspecified atom stereocenters.